The van der Waals surface area contributed by atoms with Gasteiger partial charge in [0.05, 0.1) is 5.56 Å². The Morgan fingerprint density at radius 1 is 1.22 bits per heavy atom. The molecule has 2 aromatic rings. The molecule has 0 aliphatic rings. The first-order chi connectivity index (χ1) is 8.69. The number of aryl methyl sites for hydroxylation is 1. The van der Waals surface area contributed by atoms with Crippen molar-refractivity contribution in [2.75, 3.05) is 0 Å². The Kier molecular flexibility index (Phi) is 4.24. The fourth-order valence-corrected chi connectivity index (χ4v) is 2.56. The van der Waals surface area contributed by atoms with Gasteiger partial charge in [-0.25, -0.2) is 4.98 Å². The van der Waals surface area contributed by atoms with Gasteiger partial charge in [0.25, 0.3) is 0 Å². The van der Waals surface area contributed by atoms with E-state index in [9.17, 15) is 0 Å². The maximum atomic E-state index is 9.02. The summed E-state index contributed by atoms with van der Waals surface area (Å²) in [6.45, 7) is 1.92. The number of hydrogen-bond acceptors (Lipinski definition) is 3. The van der Waals surface area contributed by atoms with Crippen molar-refractivity contribution in [1.82, 2.24) is 4.98 Å². The van der Waals surface area contributed by atoms with Crippen molar-refractivity contribution in [2.45, 2.75) is 17.7 Å². The zero-order valence-corrected chi connectivity index (χ0v) is 11.4. The van der Waals surface area contributed by atoms with Crippen LogP contribution in [0.1, 0.15) is 16.8 Å². The van der Waals surface area contributed by atoms with Crippen molar-refractivity contribution >= 4 is 23.4 Å². The minimum Gasteiger partial charge on any atom is -0.245 e. The summed E-state index contributed by atoms with van der Waals surface area (Å²) in [6, 6.07) is 13.5. The molecule has 0 spiro atoms. The summed E-state index contributed by atoms with van der Waals surface area (Å²) in [6.07, 6.45) is 0. The van der Waals surface area contributed by atoms with Gasteiger partial charge in [0.1, 0.15) is 11.1 Å². The molecule has 0 amide bonds. The number of thioether (sulfide) groups is 1. The molecule has 1 aromatic carbocycles. The molecule has 0 radical (unpaired) electrons. The van der Waals surface area contributed by atoms with Gasteiger partial charge < -0.3 is 0 Å². The maximum absolute atomic E-state index is 9.02. The van der Waals surface area contributed by atoms with Gasteiger partial charge in [-0.05, 0) is 36.8 Å². The van der Waals surface area contributed by atoms with E-state index in [2.05, 4.69) is 11.1 Å². The number of rotatable bonds is 3. The average Bonchev–Trinajstić information content (AvgIpc) is 2.38. The normalized spacial score (nSPS) is 10.1. The van der Waals surface area contributed by atoms with Gasteiger partial charge in [-0.1, -0.05) is 23.7 Å². The van der Waals surface area contributed by atoms with E-state index in [1.807, 2.05) is 43.3 Å². The zero-order chi connectivity index (χ0) is 13.0. The van der Waals surface area contributed by atoms with Gasteiger partial charge in [0, 0.05) is 16.5 Å². The molecular weight excluding hydrogens is 264 g/mol. The molecule has 0 aliphatic carbocycles. The number of aromatic nitrogens is 1. The Labute approximate surface area is 116 Å². The molecule has 0 saturated heterocycles. The highest BCUT2D eigenvalue weighted by Gasteiger charge is 2.05. The van der Waals surface area contributed by atoms with Crippen molar-refractivity contribution in [3.63, 3.8) is 0 Å². The van der Waals surface area contributed by atoms with E-state index in [1.165, 1.54) is 0 Å². The zero-order valence-electron chi connectivity index (χ0n) is 9.85. The molecule has 0 aliphatic heterocycles. The van der Waals surface area contributed by atoms with Crippen LogP contribution in [0.25, 0.3) is 0 Å². The molecule has 18 heavy (non-hydrogen) atoms. The van der Waals surface area contributed by atoms with E-state index in [-0.39, 0.29) is 0 Å². The van der Waals surface area contributed by atoms with E-state index >= 15 is 0 Å². The smallest absolute Gasteiger partial charge is 0.114 e. The van der Waals surface area contributed by atoms with E-state index in [0.29, 0.717) is 5.56 Å². The first-order valence-corrected chi connectivity index (χ1v) is 6.80. The van der Waals surface area contributed by atoms with Crippen molar-refractivity contribution in [1.29, 1.82) is 5.26 Å². The van der Waals surface area contributed by atoms with Crippen LogP contribution in [0.2, 0.25) is 5.02 Å². The highest BCUT2D eigenvalue weighted by Crippen LogP contribution is 2.25. The number of hydrogen-bond donors (Lipinski definition) is 0. The Morgan fingerprint density at radius 3 is 2.61 bits per heavy atom. The van der Waals surface area contributed by atoms with Gasteiger partial charge in [-0.2, -0.15) is 5.26 Å². The van der Waals surface area contributed by atoms with Gasteiger partial charge in [0.15, 0.2) is 0 Å². The third-order valence-electron chi connectivity index (χ3n) is 2.41. The predicted octanol–water partition coefficient (Wildman–Crippen LogP) is 4.21. The van der Waals surface area contributed by atoms with Crippen molar-refractivity contribution in [2.24, 2.45) is 0 Å². The second-order valence-electron chi connectivity index (χ2n) is 3.83. The van der Waals surface area contributed by atoms with Gasteiger partial charge in [-0.3, -0.25) is 0 Å². The third kappa shape index (κ3) is 3.25. The van der Waals surface area contributed by atoms with E-state index in [1.54, 1.807) is 11.8 Å². The minimum atomic E-state index is 0.625. The lowest BCUT2D eigenvalue weighted by Gasteiger charge is -2.04. The summed E-state index contributed by atoms with van der Waals surface area (Å²) >= 11 is 7.40. The number of halogens is 1. The van der Waals surface area contributed by atoms with E-state index in [0.717, 1.165) is 27.1 Å². The van der Waals surface area contributed by atoms with Crippen molar-refractivity contribution < 1.29 is 0 Å². The lowest BCUT2D eigenvalue weighted by molar-refractivity contribution is 1.05. The largest absolute Gasteiger partial charge is 0.245 e. The standard InChI is InChI=1S/C14H11ClN2S/c1-10-2-5-12(8-16)14(17-10)18-9-11-3-6-13(15)7-4-11/h2-7H,9H2,1H3. The number of nitriles is 1. The highest BCUT2D eigenvalue weighted by molar-refractivity contribution is 7.98. The predicted molar refractivity (Wildman–Crippen MR) is 74.7 cm³/mol. The quantitative estimate of drug-likeness (QED) is 0.787. The van der Waals surface area contributed by atoms with E-state index < -0.39 is 0 Å². The molecule has 0 N–H and O–H groups in total. The van der Waals surface area contributed by atoms with Crippen LogP contribution in [-0.2, 0) is 5.75 Å². The number of pyridine rings is 1. The molecule has 0 unspecified atom stereocenters. The summed E-state index contributed by atoms with van der Waals surface area (Å²) in [4.78, 5) is 4.39. The first kappa shape index (κ1) is 12.9. The highest BCUT2D eigenvalue weighted by atomic mass is 35.5. The topological polar surface area (TPSA) is 36.7 Å². The summed E-state index contributed by atoms with van der Waals surface area (Å²) < 4.78 is 0. The van der Waals surface area contributed by atoms with Crippen LogP contribution in [-0.4, -0.2) is 4.98 Å². The molecule has 0 saturated carbocycles. The SMILES string of the molecule is Cc1ccc(C#N)c(SCc2ccc(Cl)cc2)n1. The molecular formula is C14H11ClN2S. The van der Waals surface area contributed by atoms with Crippen LogP contribution in [0.3, 0.4) is 0 Å². The summed E-state index contributed by atoms with van der Waals surface area (Å²) in [7, 11) is 0. The fraction of sp³-hybridized carbons (Fsp3) is 0.143. The molecule has 4 heteroatoms. The average molecular weight is 275 g/mol. The van der Waals surface area contributed by atoms with Gasteiger partial charge in [0.2, 0.25) is 0 Å². The molecule has 2 rings (SSSR count). The second-order valence-corrected chi connectivity index (χ2v) is 5.23. The Balaban J connectivity index is 2.13. The molecule has 2 nitrogen and oxygen atoms in total. The number of benzene rings is 1. The molecule has 1 aromatic heterocycles. The lowest BCUT2D eigenvalue weighted by atomic mass is 10.2. The fourth-order valence-electron chi connectivity index (χ4n) is 1.46. The molecule has 90 valence electrons. The van der Waals surface area contributed by atoms with Crippen molar-refractivity contribution in [3.05, 3.63) is 58.2 Å². The van der Waals surface area contributed by atoms with E-state index in [4.69, 9.17) is 16.9 Å². The molecule has 1 heterocycles. The lowest BCUT2D eigenvalue weighted by Crippen LogP contribution is -1.90. The summed E-state index contributed by atoms with van der Waals surface area (Å²) in [5.74, 6) is 0.780. The molecule has 0 atom stereocenters. The third-order valence-corrected chi connectivity index (χ3v) is 3.72. The first-order valence-electron chi connectivity index (χ1n) is 5.44. The summed E-state index contributed by atoms with van der Waals surface area (Å²) in [5.41, 5.74) is 2.71. The van der Waals surface area contributed by atoms with Crippen molar-refractivity contribution in [3.8, 4) is 6.07 Å². The number of nitrogens with zero attached hydrogens (tertiary/aromatic N) is 2. The van der Waals surface area contributed by atoms with Crippen LogP contribution in [0.5, 0.6) is 0 Å². The Morgan fingerprint density at radius 2 is 1.94 bits per heavy atom. The van der Waals surface area contributed by atoms with Crippen LogP contribution in [0, 0.1) is 18.3 Å². The molecule has 0 fully saturated rings. The van der Waals surface area contributed by atoms with Crippen LogP contribution in [0.15, 0.2) is 41.4 Å². The second kappa shape index (κ2) is 5.90. The van der Waals surface area contributed by atoms with Crippen LogP contribution in [0.4, 0.5) is 0 Å². The Hall–Kier alpha value is -1.50. The van der Waals surface area contributed by atoms with Gasteiger partial charge >= 0.3 is 0 Å². The molecule has 0 bridgehead atoms. The minimum absolute atomic E-state index is 0.625. The Bertz CT molecular complexity index is 588. The van der Waals surface area contributed by atoms with Crippen LogP contribution < -0.4 is 0 Å². The van der Waals surface area contributed by atoms with Gasteiger partial charge in [-0.15, -0.1) is 11.8 Å². The monoisotopic (exact) mass is 274 g/mol. The van der Waals surface area contributed by atoms with Crippen LogP contribution >= 0.6 is 23.4 Å². The summed E-state index contributed by atoms with van der Waals surface area (Å²) in [5, 5.41) is 10.5. The maximum Gasteiger partial charge on any atom is 0.114 e.